The number of piperazine rings is 1. The molecule has 2 aromatic carbocycles. The second kappa shape index (κ2) is 7.40. The van der Waals surface area contributed by atoms with Crippen LogP contribution in [0, 0.1) is 13.8 Å². The van der Waals surface area contributed by atoms with Crippen molar-refractivity contribution in [1.29, 1.82) is 0 Å². The first-order chi connectivity index (χ1) is 12.0. The summed E-state index contributed by atoms with van der Waals surface area (Å²) >= 11 is 3.38. The second-order valence-electron chi connectivity index (χ2n) is 6.39. The first-order valence-corrected chi connectivity index (χ1v) is 9.16. The molecule has 0 spiro atoms. The van der Waals surface area contributed by atoms with Gasteiger partial charge in [0.1, 0.15) is 0 Å². The van der Waals surface area contributed by atoms with Gasteiger partial charge in [-0.15, -0.1) is 0 Å². The number of rotatable bonds is 2. The van der Waals surface area contributed by atoms with E-state index in [1.165, 1.54) is 5.56 Å². The van der Waals surface area contributed by atoms with Gasteiger partial charge in [0.05, 0.1) is 0 Å². The summed E-state index contributed by atoms with van der Waals surface area (Å²) in [5.41, 5.74) is 3.70. The molecule has 1 aliphatic rings. The minimum absolute atomic E-state index is 0.0192. The molecule has 1 fully saturated rings. The largest absolute Gasteiger partial charge is 0.335 e. The molecule has 4 nitrogen and oxygen atoms in total. The third kappa shape index (κ3) is 3.93. The van der Waals surface area contributed by atoms with Gasteiger partial charge in [-0.3, -0.25) is 9.59 Å². The van der Waals surface area contributed by atoms with Gasteiger partial charge >= 0.3 is 0 Å². The molecule has 0 aromatic heterocycles. The lowest BCUT2D eigenvalue weighted by atomic mass is 10.1. The average Bonchev–Trinajstić information content (AvgIpc) is 2.63. The summed E-state index contributed by atoms with van der Waals surface area (Å²) < 4.78 is 0.952. The molecule has 2 aromatic rings. The zero-order valence-corrected chi connectivity index (χ0v) is 16.0. The first kappa shape index (κ1) is 17.7. The topological polar surface area (TPSA) is 40.6 Å². The fourth-order valence-corrected chi connectivity index (χ4v) is 3.21. The minimum atomic E-state index is 0.0192. The van der Waals surface area contributed by atoms with Crippen LogP contribution in [0.2, 0.25) is 0 Å². The second-order valence-corrected chi connectivity index (χ2v) is 7.31. The van der Waals surface area contributed by atoms with Gasteiger partial charge in [-0.2, -0.15) is 0 Å². The molecule has 5 heteroatoms. The zero-order valence-electron chi connectivity index (χ0n) is 14.5. The number of halogens is 1. The zero-order chi connectivity index (χ0) is 18.0. The maximum atomic E-state index is 12.7. The summed E-state index contributed by atoms with van der Waals surface area (Å²) in [5, 5.41) is 0. The Hall–Kier alpha value is -2.14. The summed E-state index contributed by atoms with van der Waals surface area (Å²) in [5.74, 6) is 0.0598. The highest BCUT2D eigenvalue weighted by Gasteiger charge is 2.25. The third-order valence-electron chi connectivity index (χ3n) is 4.70. The Bertz CT molecular complexity index is 794. The van der Waals surface area contributed by atoms with Gasteiger partial charge < -0.3 is 9.80 Å². The normalized spacial score (nSPS) is 14.5. The van der Waals surface area contributed by atoms with Gasteiger partial charge in [-0.05, 0) is 61.4 Å². The molecule has 1 aliphatic heterocycles. The van der Waals surface area contributed by atoms with Gasteiger partial charge in [0, 0.05) is 41.8 Å². The van der Waals surface area contributed by atoms with E-state index >= 15 is 0 Å². The van der Waals surface area contributed by atoms with E-state index < -0.39 is 0 Å². The summed E-state index contributed by atoms with van der Waals surface area (Å²) in [6.45, 7) is 6.30. The third-order valence-corrected chi connectivity index (χ3v) is 5.23. The maximum Gasteiger partial charge on any atom is 0.253 e. The van der Waals surface area contributed by atoms with Gasteiger partial charge in [0.2, 0.25) is 0 Å². The van der Waals surface area contributed by atoms with Crippen molar-refractivity contribution in [1.82, 2.24) is 9.80 Å². The lowest BCUT2D eigenvalue weighted by Gasteiger charge is -2.35. The van der Waals surface area contributed by atoms with Crippen molar-refractivity contribution in [2.45, 2.75) is 13.8 Å². The lowest BCUT2D eigenvalue weighted by Crippen LogP contribution is -2.50. The van der Waals surface area contributed by atoms with E-state index in [2.05, 4.69) is 15.9 Å². The van der Waals surface area contributed by atoms with Gasteiger partial charge in [-0.25, -0.2) is 0 Å². The van der Waals surface area contributed by atoms with Crippen molar-refractivity contribution in [2.24, 2.45) is 0 Å². The Morgan fingerprint density at radius 1 is 0.760 bits per heavy atom. The van der Waals surface area contributed by atoms with E-state index in [-0.39, 0.29) is 11.8 Å². The van der Waals surface area contributed by atoms with Crippen molar-refractivity contribution in [3.63, 3.8) is 0 Å². The Balaban J connectivity index is 1.63. The Morgan fingerprint density at radius 2 is 1.24 bits per heavy atom. The van der Waals surface area contributed by atoms with E-state index in [4.69, 9.17) is 0 Å². The van der Waals surface area contributed by atoms with Crippen molar-refractivity contribution < 1.29 is 9.59 Å². The monoisotopic (exact) mass is 400 g/mol. The number of carbonyl (C=O) groups is 2. The van der Waals surface area contributed by atoms with Crippen LogP contribution in [-0.2, 0) is 0 Å². The Labute approximate surface area is 156 Å². The highest BCUT2D eigenvalue weighted by Crippen LogP contribution is 2.16. The van der Waals surface area contributed by atoms with Crippen LogP contribution >= 0.6 is 15.9 Å². The molecule has 0 saturated carbocycles. The fourth-order valence-electron chi connectivity index (χ4n) is 2.94. The fraction of sp³-hybridized carbons (Fsp3) is 0.300. The number of carbonyl (C=O) groups excluding carboxylic acids is 2. The van der Waals surface area contributed by atoms with Crippen molar-refractivity contribution in [3.8, 4) is 0 Å². The molecule has 130 valence electrons. The van der Waals surface area contributed by atoms with Crippen LogP contribution in [0.15, 0.2) is 46.9 Å². The summed E-state index contributed by atoms with van der Waals surface area (Å²) in [6, 6.07) is 13.2. The van der Waals surface area contributed by atoms with E-state index in [1.807, 2.05) is 66.1 Å². The molecule has 1 saturated heterocycles. The van der Waals surface area contributed by atoms with Crippen LogP contribution in [0.4, 0.5) is 0 Å². The molecule has 3 rings (SSSR count). The number of hydrogen-bond acceptors (Lipinski definition) is 2. The Kier molecular flexibility index (Phi) is 5.23. The van der Waals surface area contributed by atoms with Gasteiger partial charge in [0.15, 0.2) is 0 Å². The molecule has 0 aliphatic carbocycles. The number of amides is 2. The van der Waals surface area contributed by atoms with E-state index in [0.29, 0.717) is 31.7 Å². The van der Waals surface area contributed by atoms with Gasteiger partial charge in [-0.1, -0.05) is 22.0 Å². The molecule has 0 N–H and O–H groups in total. The van der Waals surface area contributed by atoms with Crippen molar-refractivity contribution >= 4 is 27.7 Å². The standard InChI is InChI=1S/C20H21BrN2O2/c1-14-3-4-17(13-15(14)2)20(25)23-11-9-22(10-12-23)19(24)16-5-7-18(21)8-6-16/h3-8,13H,9-12H2,1-2H3. The quantitative estimate of drug-likeness (QED) is 0.771. The number of aryl methyl sites for hydroxylation is 2. The average molecular weight is 401 g/mol. The molecule has 0 radical (unpaired) electrons. The highest BCUT2D eigenvalue weighted by molar-refractivity contribution is 9.10. The predicted molar refractivity (Wildman–Crippen MR) is 102 cm³/mol. The highest BCUT2D eigenvalue weighted by atomic mass is 79.9. The summed E-state index contributed by atoms with van der Waals surface area (Å²) in [4.78, 5) is 28.9. The van der Waals surface area contributed by atoms with Crippen LogP contribution in [0.3, 0.4) is 0 Å². The van der Waals surface area contributed by atoms with Gasteiger partial charge in [0.25, 0.3) is 11.8 Å². The lowest BCUT2D eigenvalue weighted by molar-refractivity contribution is 0.0535. The molecule has 1 heterocycles. The molecule has 0 atom stereocenters. The minimum Gasteiger partial charge on any atom is -0.335 e. The predicted octanol–water partition coefficient (Wildman–Crippen LogP) is 3.66. The van der Waals surface area contributed by atoms with Crippen LogP contribution in [-0.4, -0.2) is 47.8 Å². The van der Waals surface area contributed by atoms with Crippen LogP contribution in [0.25, 0.3) is 0 Å². The van der Waals surface area contributed by atoms with E-state index in [0.717, 1.165) is 15.6 Å². The molecule has 2 amide bonds. The van der Waals surface area contributed by atoms with E-state index in [9.17, 15) is 9.59 Å². The summed E-state index contributed by atoms with van der Waals surface area (Å²) in [6.07, 6.45) is 0. The number of hydrogen-bond donors (Lipinski definition) is 0. The molecule has 25 heavy (non-hydrogen) atoms. The Morgan fingerprint density at radius 3 is 1.76 bits per heavy atom. The van der Waals surface area contributed by atoms with Crippen LogP contribution < -0.4 is 0 Å². The number of benzene rings is 2. The molecular formula is C20H21BrN2O2. The molecular weight excluding hydrogens is 380 g/mol. The SMILES string of the molecule is Cc1ccc(C(=O)N2CCN(C(=O)c3ccc(Br)cc3)CC2)cc1C. The molecule has 0 unspecified atom stereocenters. The molecule has 0 bridgehead atoms. The van der Waals surface area contributed by atoms with E-state index in [1.54, 1.807) is 0 Å². The summed E-state index contributed by atoms with van der Waals surface area (Å²) in [7, 11) is 0. The number of nitrogens with zero attached hydrogens (tertiary/aromatic N) is 2. The van der Waals surface area contributed by atoms with Crippen molar-refractivity contribution in [3.05, 3.63) is 69.2 Å². The van der Waals surface area contributed by atoms with Crippen molar-refractivity contribution in [2.75, 3.05) is 26.2 Å². The maximum absolute atomic E-state index is 12.7. The first-order valence-electron chi connectivity index (χ1n) is 8.37. The van der Waals surface area contributed by atoms with Crippen LogP contribution in [0.1, 0.15) is 31.8 Å². The van der Waals surface area contributed by atoms with Crippen LogP contribution in [0.5, 0.6) is 0 Å². The smallest absolute Gasteiger partial charge is 0.253 e.